The zero-order chi connectivity index (χ0) is 49.0. The Bertz CT molecular complexity index is 3240. The minimum Gasteiger partial charge on any atom is -0.485 e. The lowest BCUT2D eigenvalue weighted by atomic mass is 10.0. The molecule has 0 saturated heterocycles. The summed E-state index contributed by atoms with van der Waals surface area (Å²) in [6.07, 6.45) is 13.7. The van der Waals surface area contributed by atoms with Crippen LogP contribution in [0.15, 0.2) is 255 Å². The van der Waals surface area contributed by atoms with Crippen molar-refractivity contribution in [3.63, 3.8) is 0 Å². The highest BCUT2D eigenvalue weighted by atomic mass is 31.2. The average Bonchev–Trinajstić information content (AvgIpc) is 3.42. The van der Waals surface area contributed by atoms with Gasteiger partial charge in [0.1, 0.15) is 34.9 Å². The number of para-hydroxylation sites is 2. The first-order chi connectivity index (χ1) is 35.1. The van der Waals surface area contributed by atoms with Gasteiger partial charge in [-0.25, -0.2) is 0 Å². The number of ether oxygens (including phenoxy) is 1. The van der Waals surface area contributed by atoms with Gasteiger partial charge < -0.3 is 22.8 Å². The Hall–Kier alpha value is -6.99. The van der Waals surface area contributed by atoms with Gasteiger partial charge in [-0.2, -0.15) is 0 Å². The predicted molar refractivity (Wildman–Crippen MR) is 306 cm³/mol. The number of fused-ring (bicyclic) bond motifs is 3. The van der Waals surface area contributed by atoms with Crippen molar-refractivity contribution in [2.75, 3.05) is 6.16 Å². The van der Waals surface area contributed by atoms with E-state index in [1.807, 2.05) is 80.6 Å². The quantitative estimate of drug-likeness (QED) is 0.0408. The van der Waals surface area contributed by atoms with Crippen LogP contribution >= 0.6 is 25.3 Å². The summed E-state index contributed by atoms with van der Waals surface area (Å²) in [5, 5.41) is 10.1. The average molecular weight is 989 g/mol. The number of rotatable bonds is 21. The summed E-state index contributed by atoms with van der Waals surface area (Å²) in [5.41, 5.74) is 1.08. The molecule has 4 atom stereocenters. The van der Waals surface area contributed by atoms with E-state index in [2.05, 4.69) is 183 Å². The van der Waals surface area contributed by atoms with Gasteiger partial charge in [0.2, 0.25) is 0 Å². The minimum absolute atomic E-state index is 0.144. The van der Waals surface area contributed by atoms with Gasteiger partial charge in [0.15, 0.2) is 0 Å². The fourth-order valence-corrected chi connectivity index (χ4v) is 12.4. The number of allylic oxidation sites excluding steroid dienone is 6. The molecule has 0 saturated carbocycles. The van der Waals surface area contributed by atoms with Gasteiger partial charge in [-0.1, -0.05) is 215 Å². The molecule has 4 unspecified atom stereocenters. The van der Waals surface area contributed by atoms with E-state index in [4.69, 9.17) is 22.8 Å². The Morgan fingerprint density at radius 1 is 0.563 bits per heavy atom. The Labute approximate surface area is 423 Å². The molecule has 71 heavy (non-hydrogen) atoms. The van der Waals surface area contributed by atoms with Crippen LogP contribution in [0.5, 0.6) is 23.0 Å². The molecule has 0 bridgehead atoms. The third-order valence-corrected chi connectivity index (χ3v) is 15.8. The summed E-state index contributed by atoms with van der Waals surface area (Å²) >= 11 is 0. The summed E-state index contributed by atoms with van der Waals surface area (Å²) in [4.78, 5) is 0. The van der Waals surface area contributed by atoms with E-state index in [9.17, 15) is 0 Å². The van der Waals surface area contributed by atoms with E-state index in [1.165, 1.54) is 10.8 Å². The lowest BCUT2D eigenvalue weighted by Gasteiger charge is -2.27. The summed E-state index contributed by atoms with van der Waals surface area (Å²) in [5.74, 6) is 3.63. The lowest BCUT2D eigenvalue weighted by molar-refractivity contribution is 0.232. The molecule has 0 aliphatic rings. The molecule has 0 spiro atoms. The normalized spacial score (nSPS) is 13.0. The van der Waals surface area contributed by atoms with Crippen molar-refractivity contribution in [1.29, 1.82) is 0 Å². The highest BCUT2D eigenvalue weighted by molar-refractivity contribution is 7.80. The Morgan fingerprint density at radius 2 is 1.11 bits per heavy atom. The fraction of sp³-hybridized carbons (Fsp3) is 0.111. The molecule has 0 amide bonds. The second-order valence-electron chi connectivity index (χ2n) is 16.1. The molecule has 0 aliphatic heterocycles. The molecule has 9 aromatic rings. The number of hydrogen-bond donors (Lipinski definition) is 0. The zero-order valence-electron chi connectivity index (χ0n) is 40.4. The van der Waals surface area contributed by atoms with Crippen LogP contribution in [-0.2, 0) is 4.52 Å². The summed E-state index contributed by atoms with van der Waals surface area (Å²) < 4.78 is 34.3. The molecular formula is C63H59O5P3. The minimum atomic E-state index is -2.02. The summed E-state index contributed by atoms with van der Waals surface area (Å²) in [6.45, 7) is 9.89. The molecule has 9 aromatic carbocycles. The van der Waals surface area contributed by atoms with E-state index < -0.39 is 16.5 Å². The van der Waals surface area contributed by atoms with Crippen LogP contribution in [-0.4, -0.2) is 6.16 Å². The van der Waals surface area contributed by atoms with Crippen LogP contribution in [0.2, 0.25) is 0 Å². The van der Waals surface area contributed by atoms with E-state index in [0.29, 0.717) is 23.4 Å². The van der Waals surface area contributed by atoms with E-state index in [1.54, 1.807) is 6.08 Å². The van der Waals surface area contributed by atoms with E-state index >= 15 is 0 Å². The molecule has 0 aliphatic carbocycles. The molecule has 9 rings (SSSR count). The third kappa shape index (κ3) is 13.7. The SMILES string of the molecule is C=C/C=C\C/C=C\C(=C/CC)OP(Oc1ccc2ccccc2c1)Oc1ccccc1P(c1ccccc1)c1ccccc1OC(CPOc1ccc2ccccc2c1)c1ccc2ccccc2c1.CC. The fourth-order valence-electron chi connectivity index (χ4n) is 7.97. The van der Waals surface area contributed by atoms with Crippen molar-refractivity contribution < 1.29 is 22.8 Å². The van der Waals surface area contributed by atoms with Crippen LogP contribution in [0, 0.1) is 0 Å². The smallest absolute Gasteiger partial charge is 0.485 e. The largest absolute Gasteiger partial charge is 0.530 e. The van der Waals surface area contributed by atoms with Crippen molar-refractivity contribution in [3.8, 4) is 23.0 Å². The molecule has 0 radical (unpaired) electrons. The topological polar surface area (TPSA) is 46.2 Å². The lowest BCUT2D eigenvalue weighted by Crippen LogP contribution is -2.24. The maximum absolute atomic E-state index is 7.32. The number of hydrogen-bond acceptors (Lipinski definition) is 5. The Kier molecular flexibility index (Phi) is 18.7. The first-order valence-corrected chi connectivity index (χ1v) is 27.7. The molecule has 0 heterocycles. The van der Waals surface area contributed by atoms with E-state index in [0.717, 1.165) is 67.4 Å². The van der Waals surface area contributed by atoms with Crippen LogP contribution in [0.4, 0.5) is 0 Å². The van der Waals surface area contributed by atoms with Crippen LogP contribution < -0.4 is 34.2 Å². The van der Waals surface area contributed by atoms with Crippen LogP contribution in [0.25, 0.3) is 32.3 Å². The van der Waals surface area contributed by atoms with Crippen LogP contribution in [0.1, 0.15) is 45.3 Å². The molecule has 8 heteroatoms. The van der Waals surface area contributed by atoms with Crippen molar-refractivity contribution in [3.05, 3.63) is 261 Å². The number of benzene rings is 9. The molecule has 0 N–H and O–H groups in total. The predicted octanol–water partition coefficient (Wildman–Crippen LogP) is 17.4. The third-order valence-electron chi connectivity index (χ3n) is 11.3. The van der Waals surface area contributed by atoms with Crippen molar-refractivity contribution in [1.82, 2.24) is 0 Å². The van der Waals surface area contributed by atoms with Gasteiger partial charge >= 0.3 is 8.60 Å². The van der Waals surface area contributed by atoms with Gasteiger partial charge in [-0.15, -0.1) is 0 Å². The van der Waals surface area contributed by atoms with Gasteiger partial charge in [-0.05, 0) is 119 Å². The molecular weight excluding hydrogens is 930 g/mol. The molecule has 0 aromatic heterocycles. The first-order valence-electron chi connectivity index (χ1n) is 24.2. The summed E-state index contributed by atoms with van der Waals surface area (Å²) in [6, 6.07) is 71.3. The van der Waals surface area contributed by atoms with Crippen LogP contribution in [0.3, 0.4) is 0 Å². The van der Waals surface area contributed by atoms with E-state index in [-0.39, 0.29) is 14.9 Å². The van der Waals surface area contributed by atoms with Gasteiger partial charge in [-0.3, -0.25) is 0 Å². The van der Waals surface area contributed by atoms with Crippen molar-refractivity contribution in [2.45, 2.75) is 39.7 Å². The second kappa shape index (κ2) is 26.3. The van der Waals surface area contributed by atoms with Crippen molar-refractivity contribution >= 4 is 73.6 Å². The van der Waals surface area contributed by atoms with Gasteiger partial charge in [0.25, 0.3) is 0 Å². The van der Waals surface area contributed by atoms with Gasteiger partial charge in [0.05, 0.1) is 8.81 Å². The first kappa shape index (κ1) is 50.4. The maximum Gasteiger partial charge on any atom is 0.530 e. The zero-order valence-corrected chi connectivity index (χ0v) is 43.2. The highest BCUT2D eigenvalue weighted by Crippen LogP contribution is 2.48. The molecule has 0 fully saturated rings. The molecule has 5 nitrogen and oxygen atoms in total. The monoisotopic (exact) mass is 988 g/mol. The summed E-state index contributed by atoms with van der Waals surface area (Å²) in [7, 11) is -3.13. The second-order valence-corrected chi connectivity index (χ2v) is 20.1. The standard InChI is InChI=1S/C61H53O5P3.C2H6/c1-3-5-6-7-9-29-53(22-4-2)64-69(65-55-41-39-48-25-14-17-28-51(48)44-55)66-58-33-19-21-35-61(58)68(56-30-10-8-11-31-56)60-34-20-18-32-57(60)62-59(52-37-36-46-23-12-15-26-49(46)42-52)45-67-63-54-40-38-47-24-13-16-27-50(47)43-54;1-2/h3,5-6,8-44,59,67H,1,4,7,45H2,2H3;1-2H3/b6-5-,29-9-,53-22+;. The highest BCUT2D eigenvalue weighted by Gasteiger charge is 2.29. The Morgan fingerprint density at radius 3 is 1.77 bits per heavy atom. The van der Waals surface area contributed by atoms with Crippen molar-refractivity contribution in [2.24, 2.45) is 0 Å². The van der Waals surface area contributed by atoms with Gasteiger partial charge in [0, 0.05) is 16.8 Å². The Balaban J connectivity index is 0.00000334. The molecule has 356 valence electrons. The maximum atomic E-state index is 7.32.